The summed E-state index contributed by atoms with van der Waals surface area (Å²) >= 11 is 0. The Bertz CT molecular complexity index is 1480. The van der Waals surface area contributed by atoms with E-state index in [1.807, 2.05) is 54.1 Å². The van der Waals surface area contributed by atoms with Crippen LogP contribution in [0.4, 0.5) is 0 Å². The van der Waals surface area contributed by atoms with Crippen molar-refractivity contribution in [3.63, 3.8) is 0 Å². The maximum Gasteiger partial charge on any atom is 0.253 e. The summed E-state index contributed by atoms with van der Waals surface area (Å²) in [5.74, 6) is 1.63. The Morgan fingerprint density at radius 1 is 0.925 bits per heavy atom. The summed E-state index contributed by atoms with van der Waals surface area (Å²) < 4.78 is 1.81. The van der Waals surface area contributed by atoms with Crippen molar-refractivity contribution in [3.8, 4) is 11.1 Å². The standard InChI is InChI=1S/C33H37N5O2/c1-22(2)15-32-34-18-29(19-35-32)31(39)17-28-16-27(6-5-23(28)3)33(40)38-13-11-26(12-14-38)24-7-9-25(10-8-24)30-20-36-37(4)21-30/h5-10,16,18-22,26H,11-15,17H2,1-4H3. The van der Waals surface area contributed by atoms with Crippen molar-refractivity contribution in [2.45, 2.75) is 52.4 Å². The van der Waals surface area contributed by atoms with Crippen molar-refractivity contribution in [1.29, 1.82) is 0 Å². The molecule has 1 aliphatic heterocycles. The molecule has 0 N–H and O–H groups in total. The van der Waals surface area contributed by atoms with Gasteiger partial charge in [-0.1, -0.05) is 44.2 Å². The van der Waals surface area contributed by atoms with Gasteiger partial charge in [-0.3, -0.25) is 14.3 Å². The molecule has 1 saturated heterocycles. The number of Topliss-reactive ketones (excluding diaryl/α,β-unsaturated/α-hetero) is 1. The Labute approximate surface area is 236 Å². The number of aryl methyl sites for hydroxylation is 2. The number of likely N-dealkylation sites (tertiary alicyclic amines) is 1. The third-order valence-electron chi connectivity index (χ3n) is 7.77. The SMILES string of the molecule is Cc1ccc(C(=O)N2CCC(c3ccc(-c4cnn(C)c4)cc3)CC2)cc1CC(=O)c1cnc(CC(C)C)nc1. The molecule has 0 saturated carbocycles. The average Bonchev–Trinajstić information content (AvgIpc) is 3.40. The number of hydrogen-bond donors (Lipinski definition) is 0. The molecule has 206 valence electrons. The van der Waals surface area contributed by atoms with Crippen molar-refractivity contribution in [2.75, 3.05) is 13.1 Å². The summed E-state index contributed by atoms with van der Waals surface area (Å²) in [5, 5.41) is 4.26. The van der Waals surface area contributed by atoms with Gasteiger partial charge in [-0.2, -0.15) is 5.10 Å². The second kappa shape index (κ2) is 11.9. The lowest BCUT2D eigenvalue weighted by Gasteiger charge is -2.32. The fraction of sp³-hybridized carbons (Fsp3) is 0.364. The highest BCUT2D eigenvalue weighted by atomic mass is 16.2. The zero-order valence-electron chi connectivity index (χ0n) is 23.8. The van der Waals surface area contributed by atoms with E-state index < -0.39 is 0 Å². The number of ketones is 1. The minimum Gasteiger partial charge on any atom is -0.339 e. The van der Waals surface area contributed by atoms with Gasteiger partial charge < -0.3 is 4.90 Å². The monoisotopic (exact) mass is 535 g/mol. The van der Waals surface area contributed by atoms with E-state index in [-0.39, 0.29) is 18.1 Å². The number of carbonyl (C=O) groups excluding carboxylic acids is 2. The van der Waals surface area contributed by atoms with Gasteiger partial charge in [0.05, 0.1) is 11.8 Å². The van der Waals surface area contributed by atoms with Crippen molar-refractivity contribution in [1.82, 2.24) is 24.6 Å². The van der Waals surface area contributed by atoms with Crippen LogP contribution >= 0.6 is 0 Å². The minimum atomic E-state index is -0.0424. The summed E-state index contributed by atoms with van der Waals surface area (Å²) in [6.45, 7) is 7.64. The van der Waals surface area contributed by atoms with Gasteiger partial charge in [0.2, 0.25) is 0 Å². The van der Waals surface area contributed by atoms with Crippen LogP contribution in [0.25, 0.3) is 11.1 Å². The molecular formula is C33H37N5O2. The highest BCUT2D eigenvalue weighted by molar-refractivity contribution is 5.98. The van der Waals surface area contributed by atoms with Crippen LogP contribution in [-0.4, -0.2) is 49.4 Å². The fourth-order valence-corrected chi connectivity index (χ4v) is 5.36. The predicted octanol–water partition coefficient (Wildman–Crippen LogP) is 5.83. The van der Waals surface area contributed by atoms with Gasteiger partial charge in [0.25, 0.3) is 5.91 Å². The Morgan fingerprint density at radius 3 is 2.25 bits per heavy atom. The van der Waals surface area contributed by atoms with Crippen molar-refractivity contribution >= 4 is 11.7 Å². The molecule has 1 fully saturated rings. The molecule has 0 bridgehead atoms. The quantitative estimate of drug-likeness (QED) is 0.265. The van der Waals surface area contributed by atoms with Gasteiger partial charge in [0.1, 0.15) is 5.82 Å². The third kappa shape index (κ3) is 6.36. The van der Waals surface area contributed by atoms with Crippen LogP contribution in [0.5, 0.6) is 0 Å². The number of carbonyl (C=O) groups is 2. The molecule has 7 heteroatoms. The molecule has 0 radical (unpaired) electrons. The molecule has 40 heavy (non-hydrogen) atoms. The first kappa shape index (κ1) is 27.4. The Morgan fingerprint density at radius 2 is 1.62 bits per heavy atom. The molecular weight excluding hydrogens is 498 g/mol. The molecule has 0 atom stereocenters. The summed E-state index contributed by atoms with van der Waals surface area (Å²) in [4.78, 5) is 37.0. The maximum atomic E-state index is 13.4. The first-order chi connectivity index (χ1) is 19.3. The van der Waals surface area contributed by atoms with Crippen LogP contribution in [-0.2, 0) is 19.9 Å². The van der Waals surface area contributed by atoms with Gasteiger partial charge in [-0.15, -0.1) is 0 Å². The summed E-state index contributed by atoms with van der Waals surface area (Å²) in [7, 11) is 1.92. The molecule has 2 aromatic carbocycles. The highest BCUT2D eigenvalue weighted by Gasteiger charge is 2.25. The number of nitrogens with zero attached hydrogens (tertiary/aromatic N) is 5. The molecule has 0 aliphatic carbocycles. The van der Waals surface area contributed by atoms with Crippen LogP contribution in [0, 0.1) is 12.8 Å². The van der Waals surface area contributed by atoms with E-state index in [1.165, 1.54) is 5.56 Å². The first-order valence-corrected chi connectivity index (χ1v) is 14.1. The summed E-state index contributed by atoms with van der Waals surface area (Å²) in [6.07, 6.45) is 10.0. The van der Waals surface area contributed by atoms with Crippen LogP contribution < -0.4 is 0 Å². The maximum absolute atomic E-state index is 13.4. The van der Waals surface area contributed by atoms with E-state index in [4.69, 9.17) is 0 Å². The summed E-state index contributed by atoms with van der Waals surface area (Å²) in [5.41, 5.74) is 6.59. The average molecular weight is 536 g/mol. The molecule has 0 unspecified atom stereocenters. The minimum absolute atomic E-state index is 0.0282. The number of aromatic nitrogens is 4. The lowest BCUT2D eigenvalue weighted by atomic mass is 9.88. The lowest BCUT2D eigenvalue weighted by molar-refractivity contribution is 0.0712. The van der Waals surface area contributed by atoms with Gasteiger partial charge in [-0.05, 0) is 66.0 Å². The topological polar surface area (TPSA) is 81.0 Å². The fourth-order valence-electron chi connectivity index (χ4n) is 5.36. The van der Waals surface area contributed by atoms with E-state index in [1.54, 1.807) is 12.4 Å². The van der Waals surface area contributed by atoms with E-state index in [9.17, 15) is 9.59 Å². The van der Waals surface area contributed by atoms with Gasteiger partial charge in [0.15, 0.2) is 5.78 Å². The van der Waals surface area contributed by atoms with Crippen LogP contribution in [0.15, 0.2) is 67.3 Å². The van der Waals surface area contributed by atoms with Crippen molar-refractivity contribution in [2.24, 2.45) is 13.0 Å². The Kier molecular flexibility index (Phi) is 8.19. The molecule has 0 spiro atoms. The smallest absolute Gasteiger partial charge is 0.253 e. The molecule has 7 nitrogen and oxygen atoms in total. The number of amides is 1. The number of rotatable bonds is 8. The Hall–Kier alpha value is -4.13. The van der Waals surface area contributed by atoms with Crippen LogP contribution in [0.2, 0.25) is 0 Å². The zero-order chi connectivity index (χ0) is 28.2. The molecule has 3 heterocycles. The van der Waals surface area contributed by atoms with Gasteiger partial charge in [0, 0.05) is 62.7 Å². The molecule has 4 aromatic rings. The molecule has 1 amide bonds. The molecule has 2 aromatic heterocycles. The molecule has 5 rings (SSSR count). The second-order valence-corrected chi connectivity index (χ2v) is 11.3. The highest BCUT2D eigenvalue weighted by Crippen LogP contribution is 2.30. The normalized spacial score (nSPS) is 14.1. The third-order valence-corrected chi connectivity index (χ3v) is 7.77. The van der Waals surface area contributed by atoms with Gasteiger partial charge >= 0.3 is 0 Å². The Balaban J connectivity index is 1.19. The van der Waals surface area contributed by atoms with E-state index in [0.29, 0.717) is 23.0 Å². The number of benzene rings is 2. The molecule has 1 aliphatic rings. The zero-order valence-corrected chi connectivity index (χ0v) is 23.8. The van der Waals surface area contributed by atoms with Crippen LogP contribution in [0.3, 0.4) is 0 Å². The van der Waals surface area contributed by atoms with Crippen molar-refractivity contribution in [3.05, 3.63) is 101 Å². The van der Waals surface area contributed by atoms with Gasteiger partial charge in [-0.25, -0.2) is 9.97 Å². The predicted molar refractivity (Wildman–Crippen MR) is 156 cm³/mol. The first-order valence-electron chi connectivity index (χ1n) is 14.1. The largest absolute Gasteiger partial charge is 0.339 e. The van der Waals surface area contributed by atoms with E-state index in [2.05, 4.69) is 53.2 Å². The summed E-state index contributed by atoms with van der Waals surface area (Å²) in [6, 6.07) is 14.4. The van der Waals surface area contributed by atoms with Crippen molar-refractivity contribution < 1.29 is 9.59 Å². The van der Waals surface area contributed by atoms with E-state index in [0.717, 1.165) is 60.4 Å². The van der Waals surface area contributed by atoms with E-state index >= 15 is 0 Å². The number of hydrogen-bond acceptors (Lipinski definition) is 5. The number of piperidine rings is 1. The lowest BCUT2D eigenvalue weighted by Crippen LogP contribution is -2.38. The van der Waals surface area contributed by atoms with Crippen LogP contribution in [0.1, 0.15) is 75.8 Å². The second-order valence-electron chi connectivity index (χ2n) is 11.3.